The number of likely N-dealkylation sites (N-methyl/N-ethyl adjacent to an activating group) is 1. The van der Waals surface area contributed by atoms with Gasteiger partial charge in [-0.25, -0.2) is 9.75 Å². The predicted molar refractivity (Wildman–Crippen MR) is 74.0 cm³/mol. The molecule has 1 unspecified atom stereocenters. The molecule has 1 atom stereocenters. The second kappa shape index (κ2) is 6.49. The Bertz CT molecular complexity index is 556. The molecule has 0 bridgehead atoms. The van der Waals surface area contributed by atoms with E-state index in [0.29, 0.717) is 11.4 Å². The highest BCUT2D eigenvalue weighted by molar-refractivity contribution is 6.30. The van der Waals surface area contributed by atoms with Crippen LogP contribution in [0.4, 0.5) is 0 Å². The number of benzene rings is 1. The molecule has 0 aliphatic carbocycles. The highest BCUT2D eigenvalue weighted by Crippen LogP contribution is 2.18. The first kappa shape index (κ1) is 14.5. The van der Waals surface area contributed by atoms with E-state index in [1.807, 2.05) is 12.1 Å². The minimum Gasteiger partial charge on any atom is -0.274 e. The topological polar surface area (TPSA) is 60.2 Å². The van der Waals surface area contributed by atoms with Crippen molar-refractivity contribution in [1.29, 1.82) is 0 Å². The van der Waals surface area contributed by atoms with Crippen LogP contribution in [0.1, 0.15) is 11.6 Å². The molecule has 0 spiro atoms. The Kier molecular flexibility index (Phi) is 4.70. The van der Waals surface area contributed by atoms with Crippen LogP contribution in [0.2, 0.25) is 5.02 Å². The molecule has 7 heteroatoms. The summed E-state index contributed by atoms with van der Waals surface area (Å²) in [5, 5.41) is 9.49. The van der Waals surface area contributed by atoms with Crippen LogP contribution in [0.25, 0.3) is 0 Å². The summed E-state index contributed by atoms with van der Waals surface area (Å²) < 4.78 is 1.52. The molecule has 2 rings (SSSR count). The van der Waals surface area contributed by atoms with Crippen molar-refractivity contribution in [1.82, 2.24) is 20.1 Å². The number of hydrogen-bond donors (Lipinski definition) is 0. The average molecular weight is 295 g/mol. The molecule has 0 aliphatic rings. The van der Waals surface area contributed by atoms with Crippen molar-refractivity contribution >= 4 is 17.5 Å². The molecule has 0 saturated carbocycles. The summed E-state index contributed by atoms with van der Waals surface area (Å²) in [7, 11) is 3.01. The number of hydroxylamine groups is 2. The van der Waals surface area contributed by atoms with Gasteiger partial charge in [0, 0.05) is 24.7 Å². The smallest absolute Gasteiger partial charge is 0.271 e. The summed E-state index contributed by atoms with van der Waals surface area (Å²) in [6.07, 6.45) is 3.67. The van der Waals surface area contributed by atoms with E-state index >= 15 is 0 Å². The van der Waals surface area contributed by atoms with Crippen LogP contribution in [0.3, 0.4) is 0 Å². The zero-order valence-corrected chi connectivity index (χ0v) is 12.0. The molecule has 1 aromatic carbocycles. The molecule has 0 aliphatic heterocycles. The Morgan fingerprint density at radius 3 is 2.70 bits per heavy atom. The van der Waals surface area contributed by atoms with E-state index in [9.17, 15) is 4.79 Å². The lowest BCUT2D eigenvalue weighted by atomic mass is 10.1. The monoisotopic (exact) mass is 294 g/mol. The van der Waals surface area contributed by atoms with Crippen LogP contribution in [0.5, 0.6) is 0 Å². The highest BCUT2D eigenvalue weighted by atomic mass is 35.5. The van der Waals surface area contributed by atoms with Crippen molar-refractivity contribution in [2.24, 2.45) is 0 Å². The fraction of sp³-hybridized carbons (Fsp3) is 0.308. The van der Waals surface area contributed by atoms with Crippen molar-refractivity contribution < 1.29 is 9.63 Å². The van der Waals surface area contributed by atoms with Gasteiger partial charge in [-0.3, -0.25) is 9.63 Å². The summed E-state index contributed by atoms with van der Waals surface area (Å²) in [5.74, 6) is -0.201. The molecule has 0 saturated heterocycles. The average Bonchev–Trinajstić information content (AvgIpc) is 2.99. The Balaban J connectivity index is 2.23. The molecular formula is C13H15ClN4O2. The van der Waals surface area contributed by atoms with Crippen LogP contribution < -0.4 is 0 Å². The van der Waals surface area contributed by atoms with Gasteiger partial charge in [-0.2, -0.15) is 0 Å². The summed E-state index contributed by atoms with van der Waals surface area (Å²) in [4.78, 5) is 17.3. The Labute approximate surface area is 121 Å². The van der Waals surface area contributed by atoms with Gasteiger partial charge >= 0.3 is 0 Å². The van der Waals surface area contributed by atoms with Crippen molar-refractivity contribution in [2.45, 2.75) is 12.5 Å². The SMILES string of the molecule is CON(C)C(=O)C(Cc1ccc(Cl)cc1)n1ccnn1. The first-order chi connectivity index (χ1) is 9.61. The number of hydrogen-bond acceptors (Lipinski definition) is 4. The summed E-state index contributed by atoms with van der Waals surface area (Å²) in [6, 6.07) is 6.83. The minimum absolute atomic E-state index is 0.201. The fourth-order valence-corrected chi connectivity index (χ4v) is 1.95. The van der Waals surface area contributed by atoms with Gasteiger partial charge in [0.25, 0.3) is 5.91 Å². The largest absolute Gasteiger partial charge is 0.274 e. The maximum atomic E-state index is 12.3. The fourth-order valence-electron chi connectivity index (χ4n) is 1.82. The van der Waals surface area contributed by atoms with E-state index in [4.69, 9.17) is 16.4 Å². The zero-order chi connectivity index (χ0) is 14.5. The van der Waals surface area contributed by atoms with Crippen molar-refractivity contribution in [3.63, 3.8) is 0 Å². The van der Waals surface area contributed by atoms with Crippen LogP contribution in [0, 0.1) is 0 Å². The molecule has 6 nitrogen and oxygen atoms in total. The molecule has 1 aromatic heterocycles. The lowest BCUT2D eigenvalue weighted by Gasteiger charge is -2.21. The summed E-state index contributed by atoms with van der Waals surface area (Å²) in [5.41, 5.74) is 0.979. The van der Waals surface area contributed by atoms with Crippen LogP contribution in [-0.2, 0) is 16.1 Å². The van der Waals surface area contributed by atoms with E-state index in [-0.39, 0.29) is 5.91 Å². The number of carbonyl (C=O) groups is 1. The van der Waals surface area contributed by atoms with E-state index in [1.165, 1.54) is 23.1 Å². The molecule has 1 heterocycles. The van der Waals surface area contributed by atoms with Crippen LogP contribution >= 0.6 is 11.6 Å². The van der Waals surface area contributed by atoms with Crippen molar-refractivity contribution in [3.8, 4) is 0 Å². The van der Waals surface area contributed by atoms with Gasteiger partial charge in [0.2, 0.25) is 0 Å². The maximum Gasteiger partial charge on any atom is 0.271 e. The normalized spacial score (nSPS) is 12.2. The standard InChI is InChI=1S/C13H15ClN4O2/c1-17(20-2)13(19)12(18-8-7-15-16-18)9-10-3-5-11(14)6-4-10/h3-8,12H,9H2,1-2H3. The Morgan fingerprint density at radius 1 is 1.45 bits per heavy atom. The second-order valence-corrected chi connectivity index (χ2v) is 4.68. The van der Waals surface area contributed by atoms with E-state index < -0.39 is 6.04 Å². The summed E-state index contributed by atoms with van der Waals surface area (Å²) >= 11 is 5.86. The highest BCUT2D eigenvalue weighted by Gasteiger charge is 2.25. The number of amides is 1. The molecular weight excluding hydrogens is 280 g/mol. The number of carbonyl (C=O) groups excluding carboxylic acids is 1. The third kappa shape index (κ3) is 3.34. The van der Waals surface area contributed by atoms with Gasteiger partial charge in [0.1, 0.15) is 6.04 Å². The maximum absolute atomic E-state index is 12.3. The first-order valence-corrected chi connectivity index (χ1v) is 6.41. The number of nitrogens with zero attached hydrogens (tertiary/aromatic N) is 4. The predicted octanol–water partition coefficient (Wildman–Crippen LogP) is 1.74. The Hall–Kier alpha value is -1.92. The molecule has 106 valence electrons. The first-order valence-electron chi connectivity index (χ1n) is 6.03. The third-order valence-corrected chi connectivity index (χ3v) is 3.22. The molecule has 20 heavy (non-hydrogen) atoms. The summed E-state index contributed by atoms with van der Waals surface area (Å²) in [6.45, 7) is 0. The van der Waals surface area contributed by atoms with E-state index in [2.05, 4.69) is 10.3 Å². The van der Waals surface area contributed by atoms with Gasteiger partial charge < -0.3 is 0 Å². The van der Waals surface area contributed by atoms with Crippen molar-refractivity contribution in [3.05, 3.63) is 47.2 Å². The number of halogens is 1. The van der Waals surface area contributed by atoms with Gasteiger partial charge in [0.05, 0.1) is 13.3 Å². The molecule has 0 radical (unpaired) electrons. The van der Waals surface area contributed by atoms with Gasteiger partial charge in [-0.1, -0.05) is 28.9 Å². The third-order valence-electron chi connectivity index (χ3n) is 2.97. The molecule has 1 amide bonds. The van der Waals surface area contributed by atoms with E-state index in [0.717, 1.165) is 5.56 Å². The Morgan fingerprint density at radius 2 is 2.15 bits per heavy atom. The van der Waals surface area contributed by atoms with Crippen LogP contribution in [-0.4, -0.2) is 40.1 Å². The molecule has 0 N–H and O–H groups in total. The van der Waals surface area contributed by atoms with Crippen LogP contribution in [0.15, 0.2) is 36.7 Å². The number of rotatable bonds is 5. The lowest BCUT2D eigenvalue weighted by molar-refractivity contribution is -0.172. The van der Waals surface area contributed by atoms with Gasteiger partial charge in [-0.05, 0) is 17.7 Å². The molecule has 0 fully saturated rings. The number of aromatic nitrogens is 3. The van der Waals surface area contributed by atoms with Gasteiger partial charge in [-0.15, -0.1) is 5.10 Å². The quantitative estimate of drug-likeness (QED) is 0.788. The minimum atomic E-state index is -0.511. The van der Waals surface area contributed by atoms with Gasteiger partial charge in [0.15, 0.2) is 0 Å². The zero-order valence-electron chi connectivity index (χ0n) is 11.2. The van der Waals surface area contributed by atoms with Crippen molar-refractivity contribution in [2.75, 3.05) is 14.2 Å². The van der Waals surface area contributed by atoms with E-state index in [1.54, 1.807) is 25.4 Å². The lowest BCUT2D eigenvalue weighted by Crippen LogP contribution is -2.35. The second-order valence-electron chi connectivity index (χ2n) is 4.25. The molecule has 2 aromatic rings.